The van der Waals surface area contributed by atoms with Crippen molar-refractivity contribution in [2.24, 2.45) is 0 Å². The maximum Gasteiger partial charge on any atom is 0.335 e. The quantitative estimate of drug-likeness (QED) is 0.605. The van der Waals surface area contributed by atoms with Crippen LogP contribution in [0.3, 0.4) is 0 Å². The van der Waals surface area contributed by atoms with Crippen molar-refractivity contribution in [1.82, 2.24) is 4.72 Å². The molecule has 0 unspecified atom stereocenters. The van der Waals surface area contributed by atoms with E-state index in [9.17, 15) is 18.0 Å². The van der Waals surface area contributed by atoms with Crippen LogP contribution in [0.2, 0.25) is 0 Å². The Morgan fingerprint density at radius 3 is 2.54 bits per heavy atom. The smallest absolute Gasteiger partial charge is 0.335 e. The Labute approximate surface area is 141 Å². The zero-order chi connectivity index (χ0) is 18.3. The average Bonchev–Trinajstić information content (AvgIpc) is 2.46. The molecule has 0 saturated heterocycles. The second kappa shape index (κ2) is 8.76. The first-order valence-corrected chi connectivity index (χ1v) is 8.98. The minimum Gasteiger partial charge on any atom is -0.478 e. The Bertz CT molecular complexity index is 700. The SMILES string of the molecule is Cc1ccc(C(=O)O)cc1NC(=O)CNS(=O)(=O)CCOC(C)C. The second-order valence-electron chi connectivity index (χ2n) is 5.44. The molecule has 0 aliphatic rings. The molecule has 0 heterocycles. The predicted molar refractivity (Wildman–Crippen MR) is 89.6 cm³/mol. The maximum absolute atomic E-state index is 11.9. The molecule has 0 aromatic heterocycles. The van der Waals surface area contributed by atoms with Crippen molar-refractivity contribution >= 4 is 27.6 Å². The summed E-state index contributed by atoms with van der Waals surface area (Å²) in [6.07, 6.45) is -0.0759. The summed E-state index contributed by atoms with van der Waals surface area (Å²) >= 11 is 0. The molecule has 1 amide bonds. The summed E-state index contributed by atoms with van der Waals surface area (Å²) in [5.41, 5.74) is 1.02. The van der Waals surface area contributed by atoms with E-state index in [1.54, 1.807) is 26.8 Å². The number of carbonyl (C=O) groups is 2. The Balaban J connectivity index is 2.58. The summed E-state index contributed by atoms with van der Waals surface area (Å²) in [7, 11) is -3.63. The lowest BCUT2D eigenvalue weighted by Gasteiger charge is -2.11. The number of sulfonamides is 1. The van der Waals surface area contributed by atoms with Gasteiger partial charge in [0, 0.05) is 5.69 Å². The van der Waals surface area contributed by atoms with Crippen LogP contribution >= 0.6 is 0 Å². The molecule has 9 heteroatoms. The molecule has 0 aliphatic carbocycles. The minimum absolute atomic E-state index is 0.0299. The fourth-order valence-electron chi connectivity index (χ4n) is 1.73. The monoisotopic (exact) mass is 358 g/mol. The summed E-state index contributed by atoms with van der Waals surface area (Å²) < 4.78 is 30.8. The van der Waals surface area contributed by atoms with Crippen molar-refractivity contribution in [2.45, 2.75) is 26.9 Å². The van der Waals surface area contributed by atoms with Crippen molar-refractivity contribution in [3.8, 4) is 0 Å². The van der Waals surface area contributed by atoms with Crippen molar-refractivity contribution in [2.75, 3.05) is 24.2 Å². The summed E-state index contributed by atoms with van der Waals surface area (Å²) in [6.45, 7) is 4.88. The number of carboxylic acids is 1. The fourth-order valence-corrected chi connectivity index (χ4v) is 2.54. The van der Waals surface area contributed by atoms with E-state index in [0.29, 0.717) is 11.3 Å². The van der Waals surface area contributed by atoms with Crippen LogP contribution < -0.4 is 10.0 Å². The molecule has 0 spiro atoms. The van der Waals surface area contributed by atoms with Gasteiger partial charge >= 0.3 is 5.97 Å². The highest BCUT2D eigenvalue weighted by atomic mass is 32.2. The lowest BCUT2D eigenvalue weighted by atomic mass is 10.1. The van der Waals surface area contributed by atoms with E-state index in [1.165, 1.54) is 12.1 Å². The third-order valence-corrected chi connectivity index (χ3v) is 4.30. The first kappa shape index (κ1) is 20.1. The molecule has 24 heavy (non-hydrogen) atoms. The van der Waals surface area contributed by atoms with E-state index in [4.69, 9.17) is 9.84 Å². The number of aryl methyl sites for hydroxylation is 1. The lowest BCUT2D eigenvalue weighted by molar-refractivity contribution is -0.115. The third kappa shape index (κ3) is 7.07. The number of anilines is 1. The Kier molecular flexibility index (Phi) is 7.33. The predicted octanol–water partition coefficient (Wildman–Crippen LogP) is 0.976. The molecule has 1 aromatic rings. The van der Waals surface area contributed by atoms with E-state index >= 15 is 0 Å². The van der Waals surface area contributed by atoms with E-state index in [-0.39, 0.29) is 24.0 Å². The summed E-state index contributed by atoms with van der Waals surface area (Å²) in [5, 5.41) is 11.4. The zero-order valence-corrected chi connectivity index (χ0v) is 14.6. The van der Waals surface area contributed by atoms with Gasteiger partial charge in [-0.2, -0.15) is 0 Å². The number of ether oxygens (including phenoxy) is 1. The van der Waals surface area contributed by atoms with Gasteiger partial charge in [-0.15, -0.1) is 0 Å². The maximum atomic E-state index is 11.9. The topological polar surface area (TPSA) is 122 Å². The van der Waals surface area contributed by atoms with Crippen molar-refractivity contribution in [3.05, 3.63) is 29.3 Å². The molecule has 0 radical (unpaired) electrons. The van der Waals surface area contributed by atoms with Crippen LogP contribution in [0.25, 0.3) is 0 Å². The number of carbonyl (C=O) groups excluding carboxylic acids is 1. The number of benzene rings is 1. The number of hydrogen-bond acceptors (Lipinski definition) is 5. The van der Waals surface area contributed by atoms with Crippen molar-refractivity contribution < 1.29 is 27.9 Å². The van der Waals surface area contributed by atoms with Gasteiger partial charge in [0.1, 0.15) is 0 Å². The molecule has 3 N–H and O–H groups in total. The number of carboxylic acid groups (broad SMARTS) is 1. The number of aromatic carboxylic acids is 1. The van der Waals surface area contributed by atoms with Gasteiger partial charge in [0.2, 0.25) is 15.9 Å². The summed E-state index contributed by atoms with van der Waals surface area (Å²) in [4.78, 5) is 22.8. The minimum atomic E-state index is -3.63. The van der Waals surface area contributed by atoms with Crippen LogP contribution in [-0.2, 0) is 19.6 Å². The number of hydrogen-bond donors (Lipinski definition) is 3. The van der Waals surface area contributed by atoms with Crippen LogP contribution in [0.15, 0.2) is 18.2 Å². The van der Waals surface area contributed by atoms with Crippen molar-refractivity contribution in [1.29, 1.82) is 0 Å². The molecule has 0 atom stereocenters. The lowest BCUT2D eigenvalue weighted by Crippen LogP contribution is -2.35. The first-order chi connectivity index (χ1) is 11.1. The van der Waals surface area contributed by atoms with Gasteiger partial charge in [-0.25, -0.2) is 17.9 Å². The normalized spacial score (nSPS) is 11.5. The third-order valence-electron chi connectivity index (χ3n) is 3.01. The average molecular weight is 358 g/mol. The van der Waals surface area contributed by atoms with Gasteiger partial charge in [0.25, 0.3) is 0 Å². The second-order valence-corrected chi connectivity index (χ2v) is 7.37. The highest BCUT2D eigenvalue weighted by Crippen LogP contribution is 2.16. The number of nitrogens with one attached hydrogen (secondary N) is 2. The van der Waals surface area contributed by atoms with E-state index in [2.05, 4.69) is 10.0 Å². The van der Waals surface area contributed by atoms with Crippen LogP contribution in [-0.4, -0.2) is 50.4 Å². The standard InChI is InChI=1S/C15H22N2O6S/c1-10(2)23-6-7-24(21,22)16-9-14(18)17-13-8-12(15(19)20)5-4-11(13)3/h4-5,8,10,16H,6-7,9H2,1-3H3,(H,17,18)(H,19,20). The Hall–Kier alpha value is -1.97. The van der Waals surface area contributed by atoms with Crippen LogP contribution in [0.1, 0.15) is 29.8 Å². The van der Waals surface area contributed by atoms with Gasteiger partial charge in [-0.3, -0.25) is 4.79 Å². The molecular weight excluding hydrogens is 336 g/mol. The van der Waals surface area contributed by atoms with Gasteiger partial charge in [-0.1, -0.05) is 6.07 Å². The highest BCUT2D eigenvalue weighted by molar-refractivity contribution is 7.89. The zero-order valence-electron chi connectivity index (χ0n) is 13.8. The molecule has 134 valence electrons. The summed E-state index contributed by atoms with van der Waals surface area (Å²) in [6, 6.07) is 4.30. The summed E-state index contributed by atoms with van der Waals surface area (Å²) in [5.74, 6) is -1.95. The van der Waals surface area contributed by atoms with E-state index < -0.39 is 28.4 Å². The fraction of sp³-hybridized carbons (Fsp3) is 0.467. The molecular formula is C15H22N2O6S. The molecule has 0 aliphatic heterocycles. The molecule has 0 fully saturated rings. The van der Waals surface area contributed by atoms with E-state index in [0.717, 1.165) is 0 Å². The number of amides is 1. The molecule has 8 nitrogen and oxygen atoms in total. The van der Waals surface area contributed by atoms with Crippen molar-refractivity contribution in [3.63, 3.8) is 0 Å². The van der Waals surface area contributed by atoms with Crippen LogP contribution in [0.5, 0.6) is 0 Å². The van der Waals surface area contributed by atoms with Crippen LogP contribution in [0, 0.1) is 6.92 Å². The van der Waals surface area contributed by atoms with Gasteiger partial charge in [-0.05, 0) is 38.5 Å². The Morgan fingerprint density at radius 1 is 1.29 bits per heavy atom. The Morgan fingerprint density at radius 2 is 1.96 bits per heavy atom. The largest absolute Gasteiger partial charge is 0.478 e. The molecule has 0 bridgehead atoms. The highest BCUT2D eigenvalue weighted by Gasteiger charge is 2.14. The molecule has 1 rings (SSSR count). The first-order valence-electron chi connectivity index (χ1n) is 7.33. The van der Waals surface area contributed by atoms with Crippen LogP contribution in [0.4, 0.5) is 5.69 Å². The van der Waals surface area contributed by atoms with Gasteiger partial charge < -0.3 is 15.2 Å². The van der Waals surface area contributed by atoms with E-state index in [1.807, 2.05) is 0 Å². The molecule has 0 saturated carbocycles. The van der Waals surface area contributed by atoms with Gasteiger partial charge in [0.05, 0.1) is 30.6 Å². The number of rotatable bonds is 9. The van der Waals surface area contributed by atoms with Gasteiger partial charge in [0.15, 0.2) is 0 Å². The molecule has 1 aromatic carbocycles.